The predicted octanol–water partition coefficient (Wildman–Crippen LogP) is 0.495. The lowest BCUT2D eigenvalue weighted by Gasteiger charge is -2.19. The Morgan fingerprint density at radius 2 is 0.714 bits per heavy atom. The van der Waals surface area contributed by atoms with E-state index in [0.29, 0.717) is 44.0 Å². The molecule has 0 aliphatic heterocycles. The van der Waals surface area contributed by atoms with Crippen molar-refractivity contribution in [3.05, 3.63) is 164 Å². The van der Waals surface area contributed by atoms with E-state index in [1.165, 1.54) is 67.6 Å². The number of carbonyl (C=O) groups is 8. The monoisotopic (exact) mass is 952 g/mol. The first-order valence-corrected chi connectivity index (χ1v) is 19.7. The second kappa shape index (κ2) is 21.5. The van der Waals surface area contributed by atoms with Gasteiger partial charge in [-0.2, -0.15) is 0 Å². The van der Waals surface area contributed by atoms with Gasteiger partial charge in [-0.25, -0.2) is 19.2 Å². The molecule has 0 saturated carbocycles. The van der Waals surface area contributed by atoms with Gasteiger partial charge in [-0.3, -0.25) is 0 Å². The molecular weight excluding hydrogens is 921 g/mol. The van der Waals surface area contributed by atoms with Gasteiger partial charge in [-0.15, -0.1) is 0 Å². The van der Waals surface area contributed by atoms with E-state index in [-0.39, 0.29) is 33.2 Å². The van der Waals surface area contributed by atoms with Crippen molar-refractivity contribution < 1.29 is 99.6 Å². The number of rotatable bonds is 9. The minimum absolute atomic E-state index is 0.0862. The molecule has 0 radical (unpaired) electrons. The number of aryl methyl sites for hydroxylation is 4. The zero-order valence-electron chi connectivity index (χ0n) is 36.6. The van der Waals surface area contributed by atoms with Crippen LogP contribution in [0.2, 0.25) is 0 Å². The highest BCUT2D eigenvalue weighted by Crippen LogP contribution is 2.31. The van der Waals surface area contributed by atoms with Gasteiger partial charge in [0.25, 0.3) is 0 Å². The number of carbonyl (C=O) groups excluding carboxylic acids is 4. The number of carboxylic acid groups (broad SMARTS) is 8. The summed E-state index contributed by atoms with van der Waals surface area (Å²) in [5.41, 5.74) is 1.28. The van der Waals surface area contributed by atoms with E-state index in [1.807, 2.05) is 0 Å². The standard InChI is InChI=1S/C15H12O5.2C13H10O5.C9H8O5/c1-8-6-9(2-4-11(8)14(17)18)10-3-5-12(15(19)20)13(16)7-10;1-6-2-7-4-10(13(17)18)11(14)5-8(7)3-9(6)12(15)16;1-6-7-2-5-10(13(17)18)11(14)9(7)4-3-8(6)12(15)16;1-4-2-6(9(13)14)7(10)3-5(4)8(11)12/h2-7,16H,1H3,(H,17,18)(H,19,20);2*2-5,14H,1H3,(H,15,16)(H,17,18);2-3,10H,1H3,(H,11,12)(H,13,14)/p-8. The Morgan fingerprint density at radius 1 is 0.343 bits per heavy atom. The van der Waals surface area contributed by atoms with E-state index in [1.54, 1.807) is 32.9 Å². The fourth-order valence-corrected chi connectivity index (χ4v) is 6.79. The van der Waals surface area contributed by atoms with Gasteiger partial charge in [0.2, 0.25) is 0 Å². The molecule has 7 aromatic rings. The summed E-state index contributed by atoms with van der Waals surface area (Å²) in [6.07, 6.45) is 0. The smallest absolute Gasteiger partial charge is 0.335 e. The van der Waals surface area contributed by atoms with Gasteiger partial charge >= 0.3 is 23.9 Å². The van der Waals surface area contributed by atoms with Crippen molar-refractivity contribution in [3.8, 4) is 34.1 Å². The normalized spacial score (nSPS) is 10.3. The Hall–Kier alpha value is -9.98. The van der Waals surface area contributed by atoms with Crippen molar-refractivity contribution in [1.82, 2.24) is 0 Å². The van der Waals surface area contributed by atoms with Crippen LogP contribution in [0, 0.1) is 27.7 Å². The van der Waals surface area contributed by atoms with Crippen LogP contribution in [-0.2, 0) is 0 Å². The molecule has 7 aromatic carbocycles. The van der Waals surface area contributed by atoms with E-state index < -0.39 is 93.0 Å². The molecule has 0 fully saturated rings. The number of carboxylic acids is 8. The summed E-state index contributed by atoms with van der Waals surface area (Å²) in [6.45, 7) is 6.24. The third kappa shape index (κ3) is 11.9. The molecule has 0 saturated heterocycles. The van der Waals surface area contributed by atoms with Crippen molar-refractivity contribution in [2.45, 2.75) is 27.7 Å². The number of benzene rings is 7. The molecule has 0 heterocycles. The SMILES string of the molecule is Cc1c(C(=O)O)ccc2c([O-])c(C(=O)[O-])ccc12.Cc1cc(-c2ccc(C(=O)[O-])c([O-])c2)ccc1C(=O)O.Cc1cc(C(=O)[O-])c([O-])cc1C(=O)O.Cc1cc2cc(C(=O)[O-])c([O-])cc2cc1C(=O)O. The Kier molecular flexibility index (Phi) is 16.2. The van der Waals surface area contributed by atoms with Crippen LogP contribution in [0.5, 0.6) is 23.0 Å². The lowest BCUT2D eigenvalue weighted by Crippen LogP contribution is -2.24. The summed E-state index contributed by atoms with van der Waals surface area (Å²) in [7, 11) is 0. The van der Waals surface area contributed by atoms with Gasteiger partial charge in [0.15, 0.2) is 0 Å². The fraction of sp³-hybridized carbons (Fsp3) is 0.0800. The van der Waals surface area contributed by atoms with E-state index >= 15 is 0 Å². The second-order valence-electron chi connectivity index (χ2n) is 14.9. The summed E-state index contributed by atoms with van der Waals surface area (Å²) >= 11 is 0. The Morgan fingerprint density at radius 3 is 1.21 bits per heavy atom. The van der Waals surface area contributed by atoms with Crippen LogP contribution in [0.4, 0.5) is 0 Å². The second-order valence-corrected chi connectivity index (χ2v) is 14.9. The van der Waals surface area contributed by atoms with Crippen LogP contribution >= 0.6 is 0 Å². The van der Waals surface area contributed by atoms with Gasteiger partial charge in [0, 0.05) is 0 Å². The van der Waals surface area contributed by atoms with Gasteiger partial charge in [-0.05, 0) is 135 Å². The minimum Gasteiger partial charge on any atom is -0.872 e. The first kappa shape index (κ1) is 52.6. The summed E-state index contributed by atoms with van der Waals surface area (Å²) in [5.74, 6) is -13.5. The molecule has 0 amide bonds. The van der Waals surface area contributed by atoms with Crippen LogP contribution < -0.4 is 40.9 Å². The van der Waals surface area contributed by atoms with E-state index in [4.69, 9.17) is 20.4 Å². The molecule has 0 aliphatic rings. The van der Waals surface area contributed by atoms with Gasteiger partial charge < -0.3 is 80.5 Å². The maximum Gasteiger partial charge on any atom is 0.335 e. The van der Waals surface area contributed by atoms with Crippen LogP contribution in [0.1, 0.15) is 105 Å². The average molecular weight is 953 g/mol. The maximum atomic E-state index is 11.8. The molecule has 0 bridgehead atoms. The number of aromatic carboxylic acids is 8. The highest BCUT2D eigenvalue weighted by Gasteiger charge is 2.13. The molecule has 360 valence electrons. The molecule has 20 nitrogen and oxygen atoms in total. The topological polar surface area (TPSA) is 402 Å². The van der Waals surface area contributed by atoms with Gasteiger partial charge in [0.05, 0.1) is 46.1 Å². The lowest BCUT2D eigenvalue weighted by molar-refractivity contribution is -0.277. The van der Waals surface area contributed by atoms with Crippen LogP contribution in [0.3, 0.4) is 0 Å². The molecule has 0 aromatic heterocycles. The molecule has 0 aliphatic carbocycles. The van der Waals surface area contributed by atoms with Crippen molar-refractivity contribution in [2.75, 3.05) is 0 Å². The Labute approximate surface area is 393 Å². The minimum atomic E-state index is -1.60. The van der Waals surface area contributed by atoms with E-state index in [2.05, 4.69) is 0 Å². The van der Waals surface area contributed by atoms with Crippen molar-refractivity contribution in [3.63, 3.8) is 0 Å². The first-order chi connectivity index (χ1) is 32.7. The summed E-state index contributed by atoms with van der Waals surface area (Å²) < 4.78 is 0. The van der Waals surface area contributed by atoms with Crippen LogP contribution in [0.25, 0.3) is 32.7 Å². The van der Waals surface area contributed by atoms with E-state index in [9.17, 15) is 79.2 Å². The quantitative estimate of drug-likeness (QED) is 0.153. The third-order valence-corrected chi connectivity index (χ3v) is 10.4. The molecule has 20 heteroatoms. The zero-order valence-corrected chi connectivity index (χ0v) is 36.6. The van der Waals surface area contributed by atoms with Crippen molar-refractivity contribution in [1.29, 1.82) is 0 Å². The van der Waals surface area contributed by atoms with Crippen molar-refractivity contribution in [2.24, 2.45) is 0 Å². The van der Waals surface area contributed by atoms with Crippen LogP contribution in [-0.4, -0.2) is 68.2 Å². The number of hydrogen-bond donors (Lipinski definition) is 4. The molecular formula is C50H32O20-8. The first-order valence-electron chi connectivity index (χ1n) is 19.7. The third-order valence-electron chi connectivity index (χ3n) is 10.4. The highest BCUT2D eigenvalue weighted by atomic mass is 16.4. The molecule has 0 unspecified atom stereocenters. The molecule has 70 heavy (non-hydrogen) atoms. The maximum absolute atomic E-state index is 11.8. The Bertz CT molecular complexity index is 3090. The largest absolute Gasteiger partial charge is 0.872 e. The summed E-state index contributed by atoms with van der Waals surface area (Å²) in [4.78, 5) is 85.9. The summed E-state index contributed by atoms with van der Waals surface area (Å²) in [6, 6.07) is 20.7. The average Bonchev–Trinajstić information content (AvgIpc) is 3.27. The summed E-state index contributed by atoms with van der Waals surface area (Å²) in [5, 5.41) is 125. The molecule has 7 rings (SSSR count). The Balaban J connectivity index is 0.000000205. The molecule has 0 atom stereocenters. The zero-order chi connectivity index (χ0) is 52.6. The van der Waals surface area contributed by atoms with Gasteiger partial charge in [0.1, 0.15) is 0 Å². The van der Waals surface area contributed by atoms with Gasteiger partial charge in [-0.1, -0.05) is 89.7 Å². The number of hydrogen-bond acceptors (Lipinski definition) is 16. The highest BCUT2D eigenvalue weighted by molar-refractivity contribution is 6.04. The van der Waals surface area contributed by atoms with E-state index in [0.717, 1.165) is 24.3 Å². The molecule has 4 N–H and O–H groups in total. The van der Waals surface area contributed by atoms with Crippen molar-refractivity contribution >= 4 is 69.3 Å². The molecule has 0 spiro atoms. The van der Waals surface area contributed by atoms with Crippen LogP contribution in [0.15, 0.2) is 97.1 Å². The number of fused-ring (bicyclic) bond motifs is 2. The fourth-order valence-electron chi connectivity index (χ4n) is 6.79. The predicted molar refractivity (Wildman–Crippen MR) is 228 cm³/mol. The lowest BCUT2D eigenvalue weighted by atomic mass is 9.97.